The van der Waals surface area contributed by atoms with Gasteiger partial charge in [-0.05, 0) is 69.9 Å². The molecular weight excluding hydrogens is 248 g/mol. The lowest BCUT2D eigenvalue weighted by Crippen LogP contribution is -2.48. The normalized spacial score (nSPS) is 33.7. The summed E-state index contributed by atoms with van der Waals surface area (Å²) < 4.78 is 2.22. The molecule has 2 N–H and O–H groups in total. The predicted molar refractivity (Wildman–Crippen MR) is 81.2 cm³/mol. The predicted octanol–water partition coefficient (Wildman–Crippen LogP) is 2.79. The minimum Gasteiger partial charge on any atom is -0.330 e. The molecule has 3 fully saturated rings. The number of allylic oxidation sites excluding steroid dienone is 2. The SMILES string of the molecule is CC=C(C)c1nnc(C23CCC(CN)(CC2)CC3)n1C. The molecule has 0 spiro atoms. The van der Waals surface area contributed by atoms with E-state index < -0.39 is 0 Å². The Balaban J connectivity index is 1.93. The molecule has 20 heavy (non-hydrogen) atoms. The third-order valence-corrected chi connectivity index (χ3v) is 5.97. The average molecular weight is 274 g/mol. The van der Waals surface area contributed by atoms with E-state index in [1.165, 1.54) is 49.9 Å². The van der Waals surface area contributed by atoms with Crippen LogP contribution in [0.3, 0.4) is 0 Å². The Morgan fingerprint density at radius 2 is 1.80 bits per heavy atom. The maximum absolute atomic E-state index is 6.01. The molecule has 0 amide bonds. The van der Waals surface area contributed by atoms with Crippen LogP contribution < -0.4 is 5.73 Å². The zero-order valence-corrected chi connectivity index (χ0v) is 12.9. The van der Waals surface area contributed by atoms with Gasteiger partial charge in [0.2, 0.25) is 0 Å². The molecule has 4 nitrogen and oxygen atoms in total. The second kappa shape index (κ2) is 4.69. The van der Waals surface area contributed by atoms with Crippen molar-refractivity contribution in [2.45, 2.75) is 57.8 Å². The first-order valence-electron chi connectivity index (χ1n) is 7.79. The molecule has 0 aromatic carbocycles. The maximum atomic E-state index is 6.01. The fraction of sp³-hybridized carbons (Fsp3) is 0.750. The number of hydrogen-bond donors (Lipinski definition) is 1. The zero-order valence-electron chi connectivity index (χ0n) is 12.9. The minimum absolute atomic E-state index is 0.255. The van der Waals surface area contributed by atoms with Gasteiger partial charge < -0.3 is 10.3 Å². The molecule has 1 aromatic heterocycles. The van der Waals surface area contributed by atoms with Crippen LogP contribution in [0.1, 0.15) is 64.0 Å². The molecule has 110 valence electrons. The Hall–Kier alpha value is -1.16. The van der Waals surface area contributed by atoms with Crippen LogP contribution in [0.15, 0.2) is 6.08 Å². The molecule has 3 aliphatic carbocycles. The van der Waals surface area contributed by atoms with E-state index in [2.05, 4.69) is 41.7 Å². The molecule has 2 bridgehead atoms. The van der Waals surface area contributed by atoms with E-state index in [1.807, 2.05) is 0 Å². The van der Waals surface area contributed by atoms with E-state index in [9.17, 15) is 0 Å². The fourth-order valence-electron chi connectivity index (χ4n) is 4.17. The van der Waals surface area contributed by atoms with Crippen LogP contribution in [0.25, 0.3) is 5.57 Å². The molecule has 0 radical (unpaired) electrons. The highest BCUT2D eigenvalue weighted by Crippen LogP contribution is 2.56. The zero-order chi connectivity index (χ0) is 14.4. The van der Waals surface area contributed by atoms with E-state index >= 15 is 0 Å². The second-order valence-corrected chi connectivity index (χ2v) is 6.86. The maximum Gasteiger partial charge on any atom is 0.159 e. The van der Waals surface area contributed by atoms with Crippen molar-refractivity contribution in [3.05, 3.63) is 17.7 Å². The molecule has 0 atom stereocenters. The Bertz CT molecular complexity index is 516. The number of rotatable bonds is 3. The molecule has 0 unspecified atom stereocenters. The first-order valence-corrected chi connectivity index (χ1v) is 7.79. The van der Waals surface area contributed by atoms with Gasteiger partial charge in [-0.1, -0.05) is 6.08 Å². The van der Waals surface area contributed by atoms with Crippen molar-refractivity contribution in [3.63, 3.8) is 0 Å². The van der Waals surface area contributed by atoms with Crippen molar-refractivity contribution in [1.29, 1.82) is 0 Å². The van der Waals surface area contributed by atoms with E-state index in [0.29, 0.717) is 5.41 Å². The molecule has 0 aliphatic heterocycles. The van der Waals surface area contributed by atoms with Crippen LogP contribution >= 0.6 is 0 Å². The highest BCUT2D eigenvalue weighted by Gasteiger charge is 2.50. The van der Waals surface area contributed by atoms with Gasteiger partial charge in [0.1, 0.15) is 5.82 Å². The highest BCUT2D eigenvalue weighted by molar-refractivity contribution is 5.57. The Kier molecular flexibility index (Phi) is 3.24. The lowest BCUT2D eigenvalue weighted by molar-refractivity contribution is 0.0408. The number of fused-ring (bicyclic) bond motifs is 3. The smallest absolute Gasteiger partial charge is 0.159 e. The standard InChI is InChI=1S/C16H26N4/c1-4-12(2)13-18-19-14(20(13)3)16-8-5-15(11-17,6-9-16)7-10-16/h4H,5-11,17H2,1-3H3. The van der Waals surface area contributed by atoms with Gasteiger partial charge >= 0.3 is 0 Å². The van der Waals surface area contributed by atoms with Crippen molar-refractivity contribution in [1.82, 2.24) is 14.8 Å². The highest BCUT2D eigenvalue weighted by atomic mass is 15.3. The number of nitrogens with zero attached hydrogens (tertiary/aromatic N) is 3. The first kappa shape index (κ1) is 13.8. The number of nitrogens with two attached hydrogens (primary N) is 1. The summed E-state index contributed by atoms with van der Waals surface area (Å²) in [6.45, 7) is 5.01. The molecule has 4 heteroatoms. The Morgan fingerprint density at radius 1 is 1.20 bits per heavy atom. The van der Waals surface area contributed by atoms with Gasteiger partial charge in [-0.3, -0.25) is 0 Å². The summed E-state index contributed by atoms with van der Waals surface area (Å²) in [7, 11) is 2.12. The summed E-state index contributed by atoms with van der Waals surface area (Å²) in [4.78, 5) is 0. The summed E-state index contributed by atoms with van der Waals surface area (Å²) in [6.07, 6.45) is 9.56. The Labute approximate surface area is 121 Å². The van der Waals surface area contributed by atoms with Crippen LogP contribution in [0, 0.1) is 5.41 Å². The van der Waals surface area contributed by atoms with Crippen LogP contribution in [-0.4, -0.2) is 21.3 Å². The van der Waals surface area contributed by atoms with Gasteiger partial charge in [0.15, 0.2) is 5.82 Å². The third kappa shape index (κ3) is 1.85. The van der Waals surface area contributed by atoms with E-state index in [1.54, 1.807) is 0 Å². The molecule has 4 rings (SSSR count). The van der Waals surface area contributed by atoms with Crippen molar-refractivity contribution in [3.8, 4) is 0 Å². The first-order chi connectivity index (χ1) is 9.56. The summed E-state index contributed by atoms with van der Waals surface area (Å²) in [5, 5.41) is 8.99. The fourth-order valence-corrected chi connectivity index (χ4v) is 4.17. The van der Waals surface area contributed by atoms with Crippen LogP contribution in [-0.2, 0) is 12.5 Å². The molecule has 1 aromatic rings. The topological polar surface area (TPSA) is 56.7 Å². The number of aromatic nitrogens is 3. The van der Waals surface area contributed by atoms with Crippen molar-refractivity contribution in [2.24, 2.45) is 18.2 Å². The van der Waals surface area contributed by atoms with Gasteiger partial charge in [0, 0.05) is 12.5 Å². The quantitative estimate of drug-likeness (QED) is 0.922. The summed E-state index contributed by atoms with van der Waals surface area (Å²) in [6, 6.07) is 0. The molecule has 3 aliphatic rings. The number of hydrogen-bond acceptors (Lipinski definition) is 3. The van der Waals surface area contributed by atoms with Gasteiger partial charge in [0.25, 0.3) is 0 Å². The van der Waals surface area contributed by atoms with Crippen molar-refractivity contribution >= 4 is 5.57 Å². The molecule has 0 saturated heterocycles. The van der Waals surface area contributed by atoms with Crippen LogP contribution in [0.5, 0.6) is 0 Å². The monoisotopic (exact) mass is 274 g/mol. The lowest BCUT2D eigenvalue weighted by Gasteiger charge is -2.52. The third-order valence-electron chi connectivity index (χ3n) is 5.97. The summed E-state index contributed by atoms with van der Waals surface area (Å²) >= 11 is 0. The van der Waals surface area contributed by atoms with Crippen molar-refractivity contribution < 1.29 is 0 Å². The molecule has 3 saturated carbocycles. The largest absolute Gasteiger partial charge is 0.330 e. The van der Waals surface area contributed by atoms with E-state index in [-0.39, 0.29) is 5.41 Å². The van der Waals surface area contributed by atoms with Gasteiger partial charge in [-0.2, -0.15) is 0 Å². The Morgan fingerprint density at radius 3 is 2.30 bits per heavy atom. The van der Waals surface area contributed by atoms with Crippen LogP contribution in [0.2, 0.25) is 0 Å². The van der Waals surface area contributed by atoms with Gasteiger partial charge in [-0.25, -0.2) is 0 Å². The molecule has 1 heterocycles. The minimum atomic E-state index is 0.255. The van der Waals surface area contributed by atoms with Gasteiger partial charge in [0.05, 0.1) is 0 Å². The van der Waals surface area contributed by atoms with Gasteiger partial charge in [-0.15, -0.1) is 10.2 Å². The summed E-state index contributed by atoms with van der Waals surface area (Å²) in [5.41, 5.74) is 7.89. The van der Waals surface area contributed by atoms with E-state index in [4.69, 9.17) is 5.73 Å². The second-order valence-electron chi connectivity index (χ2n) is 6.86. The van der Waals surface area contributed by atoms with E-state index in [0.717, 1.165) is 12.4 Å². The van der Waals surface area contributed by atoms with Crippen LogP contribution in [0.4, 0.5) is 0 Å². The molecular formula is C16H26N4. The average Bonchev–Trinajstić information content (AvgIpc) is 2.90. The summed E-state index contributed by atoms with van der Waals surface area (Å²) in [5.74, 6) is 2.21. The lowest BCUT2D eigenvalue weighted by atomic mass is 9.53. The van der Waals surface area contributed by atoms with Crippen molar-refractivity contribution in [2.75, 3.05) is 6.54 Å².